The molecule has 2 aromatic carbocycles. The van der Waals surface area contributed by atoms with Crippen LogP contribution < -0.4 is 10.5 Å². The summed E-state index contributed by atoms with van der Waals surface area (Å²) in [5, 5.41) is 10.8. The Bertz CT molecular complexity index is 676. The number of nitrogens with two attached hydrogens (primary N) is 1. The van der Waals surface area contributed by atoms with E-state index < -0.39 is 11.6 Å². The second kappa shape index (κ2) is 7.54. The van der Waals surface area contributed by atoms with Gasteiger partial charge in [0.25, 0.3) is 0 Å². The molecule has 2 rings (SSSR count). The minimum atomic E-state index is -0.927. The van der Waals surface area contributed by atoms with Gasteiger partial charge in [0.15, 0.2) is 0 Å². The number of hydrogen-bond donors (Lipinski definition) is 2. The zero-order chi connectivity index (χ0) is 17.0. The van der Waals surface area contributed by atoms with E-state index in [1.165, 1.54) is 0 Å². The summed E-state index contributed by atoms with van der Waals surface area (Å²) in [6.45, 7) is 2.05. The number of halogens is 2. The lowest BCUT2D eigenvalue weighted by molar-refractivity contribution is 0.140. The first-order chi connectivity index (χ1) is 10.9. The Morgan fingerprint density at radius 2 is 1.87 bits per heavy atom. The van der Waals surface area contributed by atoms with Crippen molar-refractivity contribution in [2.75, 3.05) is 7.11 Å². The summed E-state index contributed by atoms with van der Waals surface area (Å²) < 4.78 is 5.43. The molecule has 2 atom stereocenters. The number of ether oxygens (including phenoxy) is 1. The molecule has 23 heavy (non-hydrogen) atoms. The van der Waals surface area contributed by atoms with Gasteiger partial charge in [-0.25, -0.2) is 0 Å². The smallest absolute Gasteiger partial charge is 0.122 e. The van der Waals surface area contributed by atoms with E-state index in [1.54, 1.807) is 13.2 Å². The second-order valence-corrected chi connectivity index (χ2v) is 6.76. The Kier molecular flexibility index (Phi) is 5.93. The molecule has 0 heterocycles. The normalized spacial score (nSPS) is 15.0. The molecule has 0 amide bonds. The van der Waals surface area contributed by atoms with Crippen LogP contribution in [0.4, 0.5) is 0 Å². The molecule has 5 heteroatoms. The van der Waals surface area contributed by atoms with Crippen LogP contribution in [0.25, 0.3) is 0 Å². The van der Waals surface area contributed by atoms with Crippen molar-refractivity contribution in [1.82, 2.24) is 0 Å². The first-order valence-corrected chi connectivity index (χ1v) is 8.12. The average molecular weight is 354 g/mol. The molecule has 0 fully saturated rings. The quantitative estimate of drug-likeness (QED) is 0.766. The molecule has 3 nitrogen and oxygen atoms in total. The highest BCUT2D eigenvalue weighted by atomic mass is 35.5. The fourth-order valence-corrected chi connectivity index (χ4v) is 3.19. The predicted molar refractivity (Wildman–Crippen MR) is 95.3 cm³/mol. The molecule has 0 aliphatic heterocycles. The largest absolute Gasteiger partial charge is 0.496 e. The number of rotatable bonds is 6. The van der Waals surface area contributed by atoms with Crippen molar-refractivity contribution < 1.29 is 9.84 Å². The van der Waals surface area contributed by atoms with Crippen molar-refractivity contribution in [3.05, 3.63) is 63.6 Å². The van der Waals surface area contributed by atoms with Crippen molar-refractivity contribution in [3.8, 4) is 5.75 Å². The maximum atomic E-state index is 9.77. The summed E-state index contributed by atoms with van der Waals surface area (Å²) in [5.41, 5.74) is 7.29. The molecule has 2 aromatic rings. The standard InChI is InChI=1S/C18H21Cl2NO2/c1-18(11-17(21)22,13-7-8-14(19)15(20)9-13)10-12-5-3-4-6-16(12)23-2/h3-9,17,22H,10-11,21H2,1-2H3/t17-,18?/m1/s1. The molecule has 0 aliphatic rings. The summed E-state index contributed by atoms with van der Waals surface area (Å²) in [4.78, 5) is 0. The highest BCUT2D eigenvalue weighted by Crippen LogP contribution is 2.37. The van der Waals surface area contributed by atoms with E-state index in [0.29, 0.717) is 22.9 Å². The van der Waals surface area contributed by atoms with Crippen LogP contribution in [0.5, 0.6) is 5.75 Å². The molecule has 0 radical (unpaired) electrons. The van der Waals surface area contributed by atoms with Gasteiger partial charge in [-0.3, -0.25) is 0 Å². The van der Waals surface area contributed by atoms with Gasteiger partial charge in [-0.15, -0.1) is 0 Å². The summed E-state index contributed by atoms with van der Waals surface area (Å²) in [7, 11) is 1.65. The lowest BCUT2D eigenvalue weighted by Crippen LogP contribution is -2.34. The average Bonchev–Trinajstić information content (AvgIpc) is 2.49. The number of para-hydroxylation sites is 1. The van der Waals surface area contributed by atoms with Crippen LogP contribution in [0.1, 0.15) is 24.5 Å². The molecular weight excluding hydrogens is 333 g/mol. The zero-order valence-electron chi connectivity index (χ0n) is 13.2. The monoisotopic (exact) mass is 353 g/mol. The van der Waals surface area contributed by atoms with E-state index in [4.69, 9.17) is 33.7 Å². The van der Waals surface area contributed by atoms with Crippen LogP contribution in [-0.4, -0.2) is 18.4 Å². The molecule has 0 aromatic heterocycles. The van der Waals surface area contributed by atoms with Gasteiger partial charge < -0.3 is 15.6 Å². The van der Waals surface area contributed by atoms with Crippen LogP contribution in [0.15, 0.2) is 42.5 Å². The first kappa shape index (κ1) is 18.1. The van der Waals surface area contributed by atoms with Crippen molar-refractivity contribution in [1.29, 1.82) is 0 Å². The van der Waals surface area contributed by atoms with Gasteiger partial charge in [-0.2, -0.15) is 0 Å². The van der Waals surface area contributed by atoms with Gasteiger partial charge in [0, 0.05) is 5.41 Å². The molecule has 0 bridgehead atoms. The van der Waals surface area contributed by atoms with E-state index in [2.05, 4.69) is 6.92 Å². The van der Waals surface area contributed by atoms with Crippen LogP contribution in [0, 0.1) is 0 Å². The van der Waals surface area contributed by atoms with Gasteiger partial charge in [-0.1, -0.05) is 54.4 Å². The van der Waals surface area contributed by atoms with Gasteiger partial charge in [0.2, 0.25) is 0 Å². The number of aliphatic hydroxyl groups is 1. The summed E-state index contributed by atoms with van der Waals surface area (Å²) in [5.74, 6) is 0.810. The SMILES string of the molecule is COc1ccccc1CC(C)(C[C@H](N)O)c1ccc(Cl)c(Cl)c1. The molecule has 0 saturated heterocycles. The lowest BCUT2D eigenvalue weighted by atomic mass is 9.74. The van der Waals surface area contributed by atoms with Crippen LogP contribution in [0.3, 0.4) is 0 Å². The fourth-order valence-electron chi connectivity index (χ4n) is 2.89. The molecule has 0 aliphatic carbocycles. The second-order valence-electron chi connectivity index (χ2n) is 5.95. The summed E-state index contributed by atoms with van der Waals surface area (Å²) in [6.07, 6.45) is 0.121. The maximum Gasteiger partial charge on any atom is 0.122 e. The maximum absolute atomic E-state index is 9.77. The van der Waals surface area contributed by atoms with E-state index in [9.17, 15) is 5.11 Å². The third kappa shape index (κ3) is 4.39. The van der Waals surface area contributed by atoms with Gasteiger partial charge in [-0.05, 0) is 42.2 Å². The molecule has 124 valence electrons. The van der Waals surface area contributed by atoms with E-state index in [1.807, 2.05) is 36.4 Å². The predicted octanol–water partition coefficient (Wildman–Crippen LogP) is 4.17. The third-order valence-corrected chi connectivity index (χ3v) is 4.79. The van der Waals surface area contributed by atoms with Crippen LogP contribution in [0.2, 0.25) is 10.0 Å². The minimum Gasteiger partial charge on any atom is -0.496 e. The molecule has 0 spiro atoms. The number of benzene rings is 2. The minimum absolute atomic E-state index is 0.392. The molecular formula is C18H21Cl2NO2. The van der Waals surface area contributed by atoms with Crippen molar-refractivity contribution in [2.24, 2.45) is 5.73 Å². The van der Waals surface area contributed by atoms with Crippen molar-refractivity contribution in [2.45, 2.75) is 31.4 Å². The van der Waals surface area contributed by atoms with Crippen molar-refractivity contribution >= 4 is 23.2 Å². The Balaban J connectivity index is 2.44. The molecule has 0 saturated carbocycles. The van der Waals surface area contributed by atoms with E-state index in [0.717, 1.165) is 16.9 Å². The van der Waals surface area contributed by atoms with Crippen molar-refractivity contribution in [3.63, 3.8) is 0 Å². The summed E-state index contributed by atoms with van der Waals surface area (Å²) >= 11 is 12.2. The topological polar surface area (TPSA) is 55.5 Å². The molecule has 1 unspecified atom stereocenters. The van der Waals surface area contributed by atoms with E-state index >= 15 is 0 Å². The highest BCUT2D eigenvalue weighted by Gasteiger charge is 2.30. The Hall–Kier alpha value is -1.26. The van der Waals surface area contributed by atoms with Gasteiger partial charge >= 0.3 is 0 Å². The Morgan fingerprint density at radius 3 is 2.48 bits per heavy atom. The first-order valence-electron chi connectivity index (χ1n) is 7.37. The van der Waals surface area contributed by atoms with Crippen LogP contribution >= 0.6 is 23.2 Å². The highest BCUT2D eigenvalue weighted by molar-refractivity contribution is 6.42. The number of hydrogen-bond acceptors (Lipinski definition) is 3. The molecule has 3 N–H and O–H groups in total. The lowest BCUT2D eigenvalue weighted by Gasteiger charge is -2.32. The van der Waals surface area contributed by atoms with E-state index in [-0.39, 0.29) is 0 Å². The number of methoxy groups -OCH3 is 1. The Morgan fingerprint density at radius 1 is 1.17 bits per heavy atom. The van der Waals surface area contributed by atoms with Crippen LogP contribution in [-0.2, 0) is 11.8 Å². The third-order valence-electron chi connectivity index (χ3n) is 4.05. The fraction of sp³-hybridized carbons (Fsp3) is 0.333. The number of aliphatic hydroxyl groups excluding tert-OH is 1. The Labute approximate surface area is 147 Å². The van der Waals surface area contributed by atoms with Gasteiger partial charge in [0.1, 0.15) is 12.0 Å². The van der Waals surface area contributed by atoms with Gasteiger partial charge in [0.05, 0.1) is 17.2 Å². The zero-order valence-corrected chi connectivity index (χ0v) is 14.7. The summed E-state index contributed by atoms with van der Waals surface area (Å²) in [6, 6.07) is 13.3.